The van der Waals surface area contributed by atoms with E-state index in [1.54, 1.807) is 17.7 Å². The number of nitrogens with one attached hydrogen (secondary N) is 1. The molecule has 32 heavy (non-hydrogen) atoms. The van der Waals surface area contributed by atoms with E-state index in [4.69, 9.17) is 10.5 Å². The first-order chi connectivity index (χ1) is 15.5. The molecule has 1 aliphatic heterocycles. The minimum Gasteiger partial charge on any atom is -0.492 e. The van der Waals surface area contributed by atoms with Gasteiger partial charge in [-0.25, -0.2) is 9.97 Å². The number of aryl methyl sites for hydroxylation is 1. The third kappa shape index (κ3) is 4.85. The lowest BCUT2D eigenvalue weighted by atomic mass is 10.1. The van der Waals surface area contributed by atoms with Gasteiger partial charge >= 0.3 is 0 Å². The number of ether oxygens (including phenoxy) is 1. The smallest absolute Gasteiger partial charge is 0.238 e. The molecule has 9 heteroatoms. The normalized spacial score (nSPS) is 19.3. The van der Waals surface area contributed by atoms with Crippen molar-refractivity contribution in [2.75, 3.05) is 43.0 Å². The summed E-state index contributed by atoms with van der Waals surface area (Å²) in [5, 5.41) is 6.19. The second-order valence-corrected chi connectivity index (χ2v) is 9.19. The molecule has 3 aromatic rings. The van der Waals surface area contributed by atoms with Gasteiger partial charge in [-0.15, -0.1) is 11.3 Å². The molecule has 170 valence electrons. The predicted molar refractivity (Wildman–Crippen MR) is 130 cm³/mol. The summed E-state index contributed by atoms with van der Waals surface area (Å²) in [4.78, 5) is 27.3. The summed E-state index contributed by atoms with van der Waals surface area (Å²) in [6.45, 7) is 9.14. The van der Waals surface area contributed by atoms with Crippen LogP contribution in [0.3, 0.4) is 0 Å². The summed E-state index contributed by atoms with van der Waals surface area (Å²) in [6, 6.07) is 8.21. The Morgan fingerprint density at radius 1 is 1.25 bits per heavy atom. The van der Waals surface area contributed by atoms with Crippen LogP contribution in [0.2, 0.25) is 0 Å². The van der Waals surface area contributed by atoms with E-state index in [9.17, 15) is 4.79 Å². The molecule has 0 aliphatic carbocycles. The first-order valence-corrected chi connectivity index (χ1v) is 11.8. The first-order valence-electron chi connectivity index (χ1n) is 10.9. The number of nitrogens with two attached hydrogens (primary N) is 1. The maximum Gasteiger partial charge on any atom is 0.238 e. The van der Waals surface area contributed by atoms with Crippen molar-refractivity contribution >= 4 is 39.0 Å². The Morgan fingerprint density at radius 2 is 2.03 bits per heavy atom. The molecule has 0 bridgehead atoms. The van der Waals surface area contributed by atoms with E-state index in [-0.39, 0.29) is 18.0 Å². The van der Waals surface area contributed by atoms with E-state index in [2.05, 4.69) is 50.4 Å². The second-order valence-electron chi connectivity index (χ2n) is 8.30. The number of rotatable bonds is 7. The predicted octanol–water partition coefficient (Wildman–Crippen LogP) is 2.87. The highest BCUT2D eigenvalue weighted by atomic mass is 32.1. The van der Waals surface area contributed by atoms with Crippen LogP contribution in [0.1, 0.15) is 19.4 Å². The minimum absolute atomic E-state index is 0.0285. The Hall–Kier alpha value is -2.75. The van der Waals surface area contributed by atoms with Crippen molar-refractivity contribution in [2.24, 2.45) is 5.73 Å². The van der Waals surface area contributed by atoms with Crippen molar-refractivity contribution in [2.45, 2.75) is 32.9 Å². The van der Waals surface area contributed by atoms with Crippen LogP contribution in [-0.2, 0) is 4.79 Å². The van der Waals surface area contributed by atoms with Crippen molar-refractivity contribution in [1.29, 1.82) is 0 Å². The van der Waals surface area contributed by atoms with Crippen LogP contribution in [0.4, 0.5) is 11.5 Å². The SMILES string of the molecule is Cc1ccc(OCCN)cc1NC(=O)CN1CC(C)N(c2ncnc3sccc23)C(C)C1. The standard InChI is InChI=1S/C23H30N6O2S/c1-15-4-5-18(31-8-7-24)10-20(15)27-21(30)13-28-11-16(2)29(17(3)12-28)22-19-6-9-32-23(19)26-14-25-22/h4-6,9-10,14,16-17H,7-8,11-13,24H2,1-3H3,(H,27,30). The second kappa shape index (κ2) is 9.81. The molecular weight excluding hydrogens is 424 g/mol. The van der Waals surface area contributed by atoms with Crippen molar-refractivity contribution < 1.29 is 9.53 Å². The lowest BCUT2D eigenvalue weighted by Crippen LogP contribution is -2.58. The molecule has 1 amide bonds. The third-order valence-electron chi connectivity index (χ3n) is 5.72. The fourth-order valence-electron chi connectivity index (χ4n) is 4.36. The minimum atomic E-state index is -0.0285. The fraction of sp³-hybridized carbons (Fsp3) is 0.435. The Bertz CT molecular complexity index is 1080. The van der Waals surface area contributed by atoms with E-state index in [0.29, 0.717) is 25.4 Å². The molecule has 1 aromatic carbocycles. The average Bonchev–Trinajstić information content (AvgIpc) is 3.23. The molecular formula is C23H30N6O2S. The number of carbonyl (C=O) groups is 1. The van der Waals surface area contributed by atoms with Crippen molar-refractivity contribution in [1.82, 2.24) is 14.9 Å². The van der Waals surface area contributed by atoms with Gasteiger partial charge < -0.3 is 20.7 Å². The largest absolute Gasteiger partial charge is 0.492 e. The highest BCUT2D eigenvalue weighted by molar-refractivity contribution is 7.16. The zero-order chi connectivity index (χ0) is 22.7. The molecule has 8 nitrogen and oxygen atoms in total. The number of nitrogens with zero attached hydrogens (tertiary/aromatic N) is 4. The van der Waals surface area contributed by atoms with Gasteiger partial charge in [-0.3, -0.25) is 9.69 Å². The van der Waals surface area contributed by atoms with Crippen LogP contribution in [0.15, 0.2) is 36.0 Å². The van der Waals surface area contributed by atoms with Crippen LogP contribution < -0.4 is 20.7 Å². The Kier molecular flexibility index (Phi) is 6.88. The maximum atomic E-state index is 12.8. The van der Waals surface area contributed by atoms with Crippen molar-refractivity contribution in [3.63, 3.8) is 0 Å². The van der Waals surface area contributed by atoms with Gasteiger partial charge in [0.05, 0.1) is 11.9 Å². The zero-order valence-electron chi connectivity index (χ0n) is 18.7. The number of hydrogen-bond acceptors (Lipinski definition) is 8. The molecule has 4 rings (SSSR count). The van der Waals surface area contributed by atoms with E-state index in [1.807, 2.05) is 25.1 Å². The molecule has 0 spiro atoms. The van der Waals surface area contributed by atoms with E-state index in [0.717, 1.165) is 40.4 Å². The van der Waals surface area contributed by atoms with Crippen LogP contribution in [0.5, 0.6) is 5.75 Å². The molecule has 2 unspecified atom stereocenters. The summed E-state index contributed by atoms with van der Waals surface area (Å²) in [6.07, 6.45) is 1.64. The lowest BCUT2D eigenvalue weighted by molar-refractivity contribution is -0.117. The Balaban J connectivity index is 1.40. The van der Waals surface area contributed by atoms with E-state index < -0.39 is 0 Å². The van der Waals surface area contributed by atoms with Crippen LogP contribution in [0, 0.1) is 6.92 Å². The molecule has 1 saturated heterocycles. The number of piperazine rings is 1. The number of thiophene rings is 1. The van der Waals surface area contributed by atoms with Crippen LogP contribution in [-0.4, -0.2) is 65.6 Å². The van der Waals surface area contributed by atoms with Gasteiger partial charge in [0.25, 0.3) is 0 Å². The fourth-order valence-corrected chi connectivity index (χ4v) is 5.08. The third-order valence-corrected chi connectivity index (χ3v) is 6.54. The number of fused-ring (bicyclic) bond motifs is 1. The lowest BCUT2D eigenvalue weighted by Gasteiger charge is -2.45. The molecule has 2 atom stereocenters. The number of anilines is 2. The van der Waals surface area contributed by atoms with Gasteiger partial charge in [0.2, 0.25) is 5.91 Å². The van der Waals surface area contributed by atoms with Gasteiger partial charge in [0, 0.05) is 43.5 Å². The quantitative estimate of drug-likeness (QED) is 0.567. The highest BCUT2D eigenvalue weighted by Crippen LogP contribution is 2.31. The van der Waals surface area contributed by atoms with Gasteiger partial charge in [0.1, 0.15) is 29.3 Å². The number of benzene rings is 1. The monoisotopic (exact) mass is 454 g/mol. The molecule has 2 aromatic heterocycles. The zero-order valence-corrected chi connectivity index (χ0v) is 19.6. The number of amides is 1. The Morgan fingerprint density at radius 3 is 2.78 bits per heavy atom. The first kappa shape index (κ1) is 22.4. The van der Waals surface area contributed by atoms with E-state index >= 15 is 0 Å². The number of carbonyl (C=O) groups excluding carboxylic acids is 1. The summed E-state index contributed by atoms with van der Waals surface area (Å²) < 4.78 is 5.59. The summed E-state index contributed by atoms with van der Waals surface area (Å²) >= 11 is 1.63. The topological polar surface area (TPSA) is 96.6 Å². The Labute approximate surface area is 192 Å². The van der Waals surface area contributed by atoms with Crippen LogP contribution >= 0.6 is 11.3 Å². The van der Waals surface area contributed by atoms with E-state index in [1.165, 1.54) is 0 Å². The van der Waals surface area contributed by atoms with Gasteiger partial charge in [0.15, 0.2) is 0 Å². The molecule has 1 fully saturated rings. The number of hydrogen-bond donors (Lipinski definition) is 2. The maximum absolute atomic E-state index is 12.8. The molecule has 1 aliphatic rings. The summed E-state index contributed by atoms with van der Waals surface area (Å²) in [7, 11) is 0. The van der Waals surface area contributed by atoms with Gasteiger partial charge in [-0.2, -0.15) is 0 Å². The molecule has 0 saturated carbocycles. The molecule has 0 radical (unpaired) electrons. The molecule has 3 heterocycles. The average molecular weight is 455 g/mol. The summed E-state index contributed by atoms with van der Waals surface area (Å²) in [5.74, 6) is 1.65. The highest BCUT2D eigenvalue weighted by Gasteiger charge is 2.32. The summed E-state index contributed by atoms with van der Waals surface area (Å²) in [5.41, 5.74) is 7.27. The van der Waals surface area contributed by atoms with Gasteiger partial charge in [-0.05, 0) is 43.8 Å². The molecule has 3 N–H and O–H groups in total. The van der Waals surface area contributed by atoms with Crippen molar-refractivity contribution in [3.8, 4) is 5.75 Å². The number of aromatic nitrogens is 2. The van der Waals surface area contributed by atoms with Crippen LogP contribution in [0.25, 0.3) is 10.2 Å². The van der Waals surface area contributed by atoms with Gasteiger partial charge in [-0.1, -0.05) is 6.07 Å². The van der Waals surface area contributed by atoms with Crippen molar-refractivity contribution in [3.05, 3.63) is 41.5 Å².